The van der Waals surface area contributed by atoms with Gasteiger partial charge in [-0.1, -0.05) is 5.21 Å². The minimum absolute atomic E-state index is 0.0373. The molecule has 2 rings (SSSR count). The highest BCUT2D eigenvalue weighted by Gasteiger charge is 2.14. The minimum atomic E-state index is -0.0373. The summed E-state index contributed by atoms with van der Waals surface area (Å²) in [5.41, 5.74) is 1.93. The number of aromatic nitrogens is 3. The van der Waals surface area contributed by atoms with Crippen molar-refractivity contribution in [1.29, 1.82) is 0 Å². The third-order valence-corrected chi connectivity index (χ3v) is 2.87. The minimum Gasteiger partial charge on any atom is -0.494 e. The molecule has 1 heterocycles. The van der Waals surface area contributed by atoms with Crippen molar-refractivity contribution in [2.45, 2.75) is 39.8 Å². The van der Waals surface area contributed by atoms with Gasteiger partial charge in [0.1, 0.15) is 11.4 Å². The molecule has 0 radical (unpaired) electrons. The summed E-state index contributed by atoms with van der Waals surface area (Å²) in [6.45, 7) is 9.62. The lowest BCUT2D eigenvalue weighted by Crippen LogP contribution is -2.22. The van der Waals surface area contributed by atoms with Crippen molar-refractivity contribution in [1.82, 2.24) is 15.0 Å². The Kier molecular flexibility index (Phi) is 4.27. The van der Waals surface area contributed by atoms with Gasteiger partial charge in [-0.15, -0.1) is 5.10 Å². The maximum atomic E-state index is 5.41. The highest BCUT2D eigenvalue weighted by Crippen LogP contribution is 2.16. The molecule has 2 aromatic rings. The van der Waals surface area contributed by atoms with Crippen molar-refractivity contribution >= 4 is 5.69 Å². The van der Waals surface area contributed by atoms with Crippen LogP contribution in [0.4, 0.5) is 5.69 Å². The summed E-state index contributed by atoms with van der Waals surface area (Å²) in [5.74, 6) is 0.886. The summed E-state index contributed by atoms with van der Waals surface area (Å²) in [5, 5.41) is 11.6. The van der Waals surface area contributed by atoms with E-state index in [1.807, 2.05) is 42.1 Å². The van der Waals surface area contributed by atoms with Gasteiger partial charge in [-0.25, -0.2) is 4.68 Å². The van der Waals surface area contributed by atoms with Crippen LogP contribution in [0.3, 0.4) is 0 Å². The predicted octanol–water partition coefficient (Wildman–Crippen LogP) is 3.04. The van der Waals surface area contributed by atoms with Gasteiger partial charge in [0.05, 0.1) is 24.9 Å². The lowest BCUT2D eigenvalue weighted by molar-refractivity contribution is 0.340. The van der Waals surface area contributed by atoms with Gasteiger partial charge in [0, 0.05) is 5.69 Å². The van der Waals surface area contributed by atoms with Crippen LogP contribution in [0.25, 0.3) is 0 Å². The quantitative estimate of drug-likeness (QED) is 0.910. The van der Waals surface area contributed by atoms with Crippen LogP contribution >= 0.6 is 0 Å². The summed E-state index contributed by atoms with van der Waals surface area (Å²) < 4.78 is 7.29. The maximum Gasteiger partial charge on any atom is 0.119 e. The first-order valence-electron chi connectivity index (χ1n) is 6.87. The number of nitrogens with one attached hydrogen (secondary N) is 1. The predicted molar refractivity (Wildman–Crippen MR) is 80.0 cm³/mol. The third-order valence-electron chi connectivity index (χ3n) is 2.87. The fourth-order valence-corrected chi connectivity index (χ4v) is 1.74. The van der Waals surface area contributed by atoms with Gasteiger partial charge in [0.2, 0.25) is 0 Å². The lowest BCUT2D eigenvalue weighted by Gasteiger charge is -2.17. The average Bonchev–Trinajstić information content (AvgIpc) is 2.87. The molecule has 20 heavy (non-hydrogen) atoms. The van der Waals surface area contributed by atoms with Gasteiger partial charge in [0.25, 0.3) is 0 Å². The molecule has 0 bridgehead atoms. The molecule has 0 saturated carbocycles. The van der Waals surface area contributed by atoms with E-state index in [2.05, 4.69) is 36.4 Å². The Balaban J connectivity index is 1.93. The third kappa shape index (κ3) is 3.73. The topological polar surface area (TPSA) is 52.0 Å². The smallest absolute Gasteiger partial charge is 0.119 e. The van der Waals surface area contributed by atoms with E-state index < -0.39 is 0 Å². The van der Waals surface area contributed by atoms with E-state index in [9.17, 15) is 0 Å². The first-order valence-corrected chi connectivity index (χ1v) is 6.87. The molecule has 1 aromatic carbocycles. The van der Waals surface area contributed by atoms with E-state index in [4.69, 9.17) is 4.74 Å². The van der Waals surface area contributed by atoms with Crippen LogP contribution in [-0.2, 0) is 12.1 Å². The van der Waals surface area contributed by atoms with Crippen LogP contribution in [-0.4, -0.2) is 21.6 Å². The van der Waals surface area contributed by atoms with Crippen molar-refractivity contribution in [3.8, 4) is 5.75 Å². The van der Waals surface area contributed by atoms with Crippen molar-refractivity contribution in [2.24, 2.45) is 0 Å². The summed E-state index contributed by atoms with van der Waals surface area (Å²) in [6, 6.07) is 7.91. The monoisotopic (exact) mass is 274 g/mol. The molecule has 5 heteroatoms. The largest absolute Gasteiger partial charge is 0.494 e. The van der Waals surface area contributed by atoms with Gasteiger partial charge in [-0.2, -0.15) is 0 Å². The van der Waals surface area contributed by atoms with E-state index in [0.29, 0.717) is 13.2 Å². The summed E-state index contributed by atoms with van der Waals surface area (Å²) in [6.07, 6.45) is 1.97. The summed E-state index contributed by atoms with van der Waals surface area (Å²) in [4.78, 5) is 0. The number of benzene rings is 1. The van der Waals surface area contributed by atoms with Gasteiger partial charge in [-0.3, -0.25) is 0 Å². The molecule has 0 amide bonds. The molecule has 0 aliphatic rings. The highest BCUT2D eigenvalue weighted by atomic mass is 16.5. The molecule has 0 saturated heterocycles. The highest BCUT2D eigenvalue weighted by molar-refractivity contribution is 5.46. The number of anilines is 1. The standard InChI is InChI=1S/C15H22N4O/c1-5-20-14-8-6-12(7-9-14)16-10-13-11-19(18-17-13)15(2,3)4/h6-9,11,16H,5,10H2,1-4H3. The van der Waals surface area contributed by atoms with Crippen LogP contribution in [0, 0.1) is 0 Å². The van der Waals surface area contributed by atoms with Crippen LogP contribution in [0.5, 0.6) is 5.75 Å². The number of hydrogen-bond acceptors (Lipinski definition) is 4. The van der Waals surface area contributed by atoms with Gasteiger partial charge in [0.15, 0.2) is 0 Å². The average molecular weight is 274 g/mol. The van der Waals surface area contributed by atoms with E-state index in [1.54, 1.807) is 0 Å². The second-order valence-corrected chi connectivity index (χ2v) is 5.64. The molecule has 108 valence electrons. The molecule has 1 aromatic heterocycles. The summed E-state index contributed by atoms with van der Waals surface area (Å²) >= 11 is 0. The van der Waals surface area contributed by atoms with Crippen molar-refractivity contribution in [3.05, 3.63) is 36.2 Å². The fraction of sp³-hybridized carbons (Fsp3) is 0.467. The van der Waals surface area contributed by atoms with Crippen LogP contribution in [0.15, 0.2) is 30.5 Å². The Hall–Kier alpha value is -2.04. The van der Waals surface area contributed by atoms with E-state index in [0.717, 1.165) is 17.1 Å². The Morgan fingerprint density at radius 3 is 2.45 bits per heavy atom. The first kappa shape index (κ1) is 14.4. The zero-order chi connectivity index (χ0) is 14.6. The Labute approximate surface area is 120 Å². The SMILES string of the molecule is CCOc1ccc(NCc2cn(C(C)(C)C)nn2)cc1. The van der Waals surface area contributed by atoms with Crippen molar-refractivity contribution in [3.63, 3.8) is 0 Å². The van der Waals surface area contributed by atoms with Crippen LogP contribution in [0.1, 0.15) is 33.4 Å². The van der Waals surface area contributed by atoms with Crippen molar-refractivity contribution < 1.29 is 4.74 Å². The number of nitrogens with zero attached hydrogens (tertiary/aromatic N) is 3. The number of rotatable bonds is 5. The van der Waals surface area contributed by atoms with Crippen LogP contribution in [0.2, 0.25) is 0 Å². The molecular formula is C15H22N4O. The normalized spacial score (nSPS) is 11.4. The summed E-state index contributed by atoms with van der Waals surface area (Å²) in [7, 11) is 0. The maximum absolute atomic E-state index is 5.41. The second kappa shape index (κ2) is 5.94. The van der Waals surface area contributed by atoms with Crippen molar-refractivity contribution in [2.75, 3.05) is 11.9 Å². The van der Waals surface area contributed by atoms with E-state index in [-0.39, 0.29) is 5.54 Å². The first-order chi connectivity index (χ1) is 9.49. The van der Waals surface area contributed by atoms with E-state index in [1.165, 1.54) is 0 Å². The Morgan fingerprint density at radius 1 is 1.20 bits per heavy atom. The van der Waals surface area contributed by atoms with Gasteiger partial charge in [-0.05, 0) is 52.0 Å². The fourth-order valence-electron chi connectivity index (χ4n) is 1.74. The second-order valence-electron chi connectivity index (χ2n) is 5.64. The molecule has 0 aliphatic carbocycles. The zero-order valence-electron chi connectivity index (χ0n) is 12.6. The van der Waals surface area contributed by atoms with Gasteiger partial charge >= 0.3 is 0 Å². The Morgan fingerprint density at radius 2 is 1.90 bits per heavy atom. The molecule has 0 unspecified atom stereocenters. The molecule has 5 nitrogen and oxygen atoms in total. The molecule has 0 fully saturated rings. The lowest BCUT2D eigenvalue weighted by atomic mass is 10.1. The number of hydrogen-bond donors (Lipinski definition) is 1. The van der Waals surface area contributed by atoms with Gasteiger partial charge < -0.3 is 10.1 Å². The molecule has 1 N–H and O–H groups in total. The van der Waals surface area contributed by atoms with Crippen LogP contribution < -0.4 is 10.1 Å². The zero-order valence-corrected chi connectivity index (χ0v) is 12.6. The van der Waals surface area contributed by atoms with E-state index >= 15 is 0 Å². The molecule has 0 aliphatic heterocycles. The number of ether oxygens (including phenoxy) is 1. The molecular weight excluding hydrogens is 252 g/mol. The molecule has 0 atom stereocenters. The molecule has 0 spiro atoms. The Bertz CT molecular complexity index is 540.